The summed E-state index contributed by atoms with van der Waals surface area (Å²) in [7, 11) is 0. The molecule has 0 aliphatic heterocycles. The Bertz CT molecular complexity index is 1030. The number of carbonyl (C=O) groups is 1. The van der Waals surface area contributed by atoms with E-state index in [4.69, 9.17) is 0 Å². The molecule has 0 saturated carbocycles. The highest BCUT2D eigenvalue weighted by atomic mass is 19.4. The standard InChI is InChI=1S/C24H23F3N2O2/c1-15-6-7-18(23(31)20-5-3-4-12-28-20)14-21(15)29-22(30)13-16(2)17-8-10-19(11-9-17)24(25,26)27/h3-12,14,16,23,31H,13H2,1-2H3,(H,29,30)/t16-,23-/m1/s1. The number of aliphatic hydroxyl groups excluding tert-OH is 1. The van der Waals surface area contributed by atoms with Gasteiger partial charge < -0.3 is 10.4 Å². The Morgan fingerprint density at radius 2 is 1.74 bits per heavy atom. The molecule has 4 nitrogen and oxygen atoms in total. The second-order valence-corrected chi connectivity index (χ2v) is 7.50. The molecule has 1 heterocycles. The number of benzene rings is 2. The van der Waals surface area contributed by atoms with Crippen LogP contribution in [0.1, 0.15) is 53.3 Å². The number of aliphatic hydroxyl groups is 1. The van der Waals surface area contributed by atoms with Gasteiger partial charge >= 0.3 is 6.18 Å². The minimum absolute atomic E-state index is 0.109. The number of alkyl halides is 3. The molecule has 0 fully saturated rings. The van der Waals surface area contributed by atoms with Gasteiger partial charge in [-0.15, -0.1) is 0 Å². The van der Waals surface area contributed by atoms with Crippen LogP contribution < -0.4 is 5.32 Å². The molecule has 0 bridgehead atoms. The number of hydrogen-bond acceptors (Lipinski definition) is 3. The Morgan fingerprint density at radius 1 is 1.06 bits per heavy atom. The number of hydrogen-bond donors (Lipinski definition) is 2. The second kappa shape index (κ2) is 9.31. The quantitative estimate of drug-likeness (QED) is 0.535. The van der Waals surface area contributed by atoms with Crippen LogP contribution in [-0.2, 0) is 11.0 Å². The number of aryl methyl sites for hydroxylation is 1. The third kappa shape index (κ3) is 5.70. The van der Waals surface area contributed by atoms with Gasteiger partial charge in [0.1, 0.15) is 6.10 Å². The summed E-state index contributed by atoms with van der Waals surface area (Å²) in [4.78, 5) is 16.7. The van der Waals surface area contributed by atoms with Gasteiger partial charge in [0.2, 0.25) is 5.91 Å². The minimum atomic E-state index is -4.39. The Labute approximate surface area is 178 Å². The lowest BCUT2D eigenvalue weighted by Crippen LogP contribution is -2.16. The van der Waals surface area contributed by atoms with Crippen LogP contribution in [0.2, 0.25) is 0 Å². The first-order chi connectivity index (χ1) is 14.6. The summed E-state index contributed by atoms with van der Waals surface area (Å²) in [5.74, 6) is -0.523. The molecule has 0 radical (unpaired) electrons. The van der Waals surface area contributed by atoms with E-state index in [1.807, 2.05) is 6.92 Å². The van der Waals surface area contributed by atoms with Crippen molar-refractivity contribution in [3.8, 4) is 0 Å². The predicted octanol–water partition coefficient (Wildman–Crippen LogP) is 5.62. The predicted molar refractivity (Wildman–Crippen MR) is 113 cm³/mol. The van der Waals surface area contributed by atoms with E-state index in [1.165, 1.54) is 12.1 Å². The fourth-order valence-electron chi connectivity index (χ4n) is 3.25. The fourth-order valence-corrected chi connectivity index (χ4v) is 3.25. The van der Waals surface area contributed by atoms with Crippen molar-refractivity contribution in [1.29, 1.82) is 0 Å². The third-order valence-electron chi connectivity index (χ3n) is 5.12. The zero-order chi connectivity index (χ0) is 22.6. The van der Waals surface area contributed by atoms with Crippen LogP contribution in [0.25, 0.3) is 0 Å². The van der Waals surface area contributed by atoms with Crippen molar-refractivity contribution in [1.82, 2.24) is 4.98 Å². The lowest BCUT2D eigenvalue weighted by molar-refractivity contribution is -0.137. The van der Waals surface area contributed by atoms with E-state index < -0.39 is 17.8 Å². The number of nitrogens with zero attached hydrogens (tertiary/aromatic N) is 1. The first-order valence-electron chi connectivity index (χ1n) is 9.81. The Kier molecular flexibility index (Phi) is 6.75. The van der Waals surface area contributed by atoms with Crippen LogP contribution in [0, 0.1) is 6.92 Å². The van der Waals surface area contributed by atoms with Crippen molar-refractivity contribution >= 4 is 11.6 Å². The highest BCUT2D eigenvalue weighted by Crippen LogP contribution is 2.31. The van der Waals surface area contributed by atoms with Crippen molar-refractivity contribution in [3.05, 3.63) is 94.8 Å². The second-order valence-electron chi connectivity index (χ2n) is 7.50. The summed E-state index contributed by atoms with van der Waals surface area (Å²) >= 11 is 0. The molecule has 1 amide bonds. The molecule has 0 aliphatic rings. The number of rotatable bonds is 6. The van der Waals surface area contributed by atoms with E-state index in [2.05, 4.69) is 10.3 Å². The molecule has 7 heteroatoms. The van der Waals surface area contributed by atoms with E-state index in [0.29, 0.717) is 22.5 Å². The van der Waals surface area contributed by atoms with Gasteiger partial charge in [0, 0.05) is 18.3 Å². The van der Waals surface area contributed by atoms with Crippen LogP contribution in [-0.4, -0.2) is 16.0 Å². The summed E-state index contributed by atoms with van der Waals surface area (Å²) in [5, 5.41) is 13.4. The number of pyridine rings is 1. The molecular weight excluding hydrogens is 405 g/mol. The van der Waals surface area contributed by atoms with Crippen molar-refractivity contribution in [2.24, 2.45) is 0 Å². The highest BCUT2D eigenvalue weighted by molar-refractivity contribution is 5.92. The minimum Gasteiger partial charge on any atom is -0.382 e. The van der Waals surface area contributed by atoms with Gasteiger partial charge in [-0.3, -0.25) is 9.78 Å². The van der Waals surface area contributed by atoms with Crippen LogP contribution in [0.15, 0.2) is 66.9 Å². The Morgan fingerprint density at radius 3 is 2.35 bits per heavy atom. The number of amides is 1. The maximum Gasteiger partial charge on any atom is 0.416 e. The van der Waals surface area contributed by atoms with Crippen molar-refractivity contribution in [3.63, 3.8) is 0 Å². The molecule has 0 unspecified atom stereocenters. The summed E-state index contributed by atoms with van der Waals surface area (Å²) in [6.07, 6.45) is -3.61. The average molecular weight is 428 g/mol. The van der Waals surface area contributed by atoms with Gasteiger partial charge in [-0.05, 0) is 59.9 Å². The summed E-state index contributed by atoms with van der Waals surface area (Å²) < 4.78 is 38.2. The van der Waals surface area contributed by atoms with Crippen LogP contribution in [0.5, 0.6) is 0 Å². The summed E-state index contributed by atoms with van der Waals surface area (Å²) in [6.45, 7) is 3.63. The van der Waals surface area contributed by atoms with Gasteiger partial charge in [-0.25, -0.2) is 0 Å². The smallest absolute Gasteiger partial charge is 0.382 e. The van der Waals surface area contributed by atoms with Crippen LogP contribution in [0.3, 0.4) is 0 Å². The molecule has 3 rings (SSSR count). The first kappa shape index (κ1) is 22.5. The third-order valence-corrected chi connectivity index (χ3v) is 5.12. The summed E-state index contributed by atoms with van der Waals surface area (Å²) in [6, 6.07) is 15.4. The number of halogens is 3. The maximum absolute atomic E-state index is 12.7. The highest BCUT2D eigenvalue weighted by Gasteiger charge is 2.30. The Hall–Kier alpha value is -3.19. The molecule has 1 aromatic heterocycles. The van der Waals surface area contributed by atoms with Gasteiger partial charge in [0.15, 0.2) is 0 Å². The molecule has 0 saturated heterocycles. The van der Waals surface area contributed by atoms with E-state index in [-0.39, 0.29) is 18.2 Å². The molecule has 2 atom stereocenters. The van der Waals surface area contributed by atoms with Gasteiger partial charge in [0.25, 0.3) is 0 Å². The summed E-state index contributed by atoms with van der Waals surface area (Å²) in [5.41, 5.74) is 2.42. The molecule has 31 heavy (non-hydrogen) atoms. The first-order valence-corrected chi connectivity index (χ1v) is 9.81. The van der Waals surface area contributed by atoms with Crippen molar-refractivity contribution < 1.29 is 23.1 Å². The lowest BCUT2D eigenvalue weighted by atomic mass is 9.96. The molecule has 0 spiro atoms. The zero-order valence-electron chi connectivity index (χ0n) is 17.1. The van der Waals surface area contributed by atoms with E-state index in [9.17, 15) is 23.1 Å². The van der Waals surface area contributed by atoms with Crippen LogP contribution in [0.4, 0.5) is 18.9 Å². The monoisotopic (exact) mass is 428 g/mol. The fraction of sp³-hybridized carbons (Fsp3) is 0.250. The maximum atomic E-state index is 12.7. The Balaban J connectivity index is 1.68. The number of carbonyl (C=O) groups excluding carboxylic acids is 1. The van der Waals surface area contributed by atoms with Crippen LogP contribution >= 0.6 is 0 Å². The van der Waals surface area contributed by atoms with E-state index in [0.717, 1.165) is 17.7 Å². The molecular formula is C24H23F3N2O2. The molecule has 2 N–H and O–H groups in total. The molecule has 162 valence electrons. The zero-order valence-corrected chi connectivity index (χ0v) is 17.1. The number of nitrogens with one attached hydrogen (secondary N) is 1. The van der Waals surface area contributed by atoms with Gasteiger partial charge in [-0.2, -0.15) is 13.2 Å². The van der Waals surface area contributed by atoms with E-state index >= 15 is 0 Å². The molecule has 3 aromatic rings. The SMILES string of the molecule is Cc1ccc([C@@H](O)c2ccccn2)cc1NC(=O)C[C@@H](C)c1ccc(C(F)(F)F)cc1. The lowest BCUT2D eigenvalue weighted by Gasteiger charge is -2.16. The van der Waals surface area contributed by atoms with Crippen molar-refractivity contribution in [2.45, 2.75) is 38.5 Å². The van der Waals surface area contributed by atoms with Gasteiger partial charge in [-0.1, -0.05) is 37.3 Å². The topological polar surface area (TPSA) is 62.2 Å². The molecule has 2 aromatic carbocycles. The molecule has 0 aliphatic carbocycles. The normalized spacial score (nSPS) is 13.5. The van der Waals surface area contributed by atoms with Crippen molar-refractivity contribution in [2.75, 3.05) is 5.32 Å². The van der Waals surface area contributed by atoms with E-state index in [1.54, 1.807) is 49.5 Å². The van der Waals surface area contributed by atoms with Gasteiger partial charge in [0.05, 0.1) is 11.3 Å². The number of anilines is 1. The largest absolute Gasteiger partial charge is 0.416 e. The number of aromatic nitrogens is 1. The average Bonchev–Trinajstić information content (AvgIpc) is 2.75.